The average Bonchev–Trinajstić information content (AvgIpc) is 3.06. The molecule has 0 spiro atoms. The molecule has 1 aromatic carbocycles. The Morgan fingerprint density at radius 3 is 2.68 bits per heavy atom. The molecule has 0 saturated carbocycles. The van der Waals surface area contributed by atoms with E-state index in [1.807, 2.05) is 0 Å². The number of hydrogen-bond acceptors (Lipinski definition) is 5. The van der Waals surface area contributed by atoms with E-state index in [4.69, 9.17) is 0 Å². The van der Waals surface area contributed by atoms with Gasteiger partial charge in [-0.15, -0.1) is 11.3 Å². The minimum Gasteiger partial charge on any atom is -0.464 e. The van der Waals surface area contributed by atoms with Gasteiger partial charge in [0.2, 0.25) is 0 Å². The van der Waals surface area contributed by atoms with E-state index >= 15 is 0 Å². The van der Waals surface area contributed by atoms with Crippen LogP contribution in [0, 0.1) is 11.7 Å². The van der Waals surface area contributed by atoms with Gasteiger partial charge in [0, 0.05) is 11.9 Å². The molecule has 25 heavy (non-hydrogen) atoms. The first-order valence-corrected chi connectivity index (χ1v) is 8.86. The van der Waals surface area contributed by atoms with Gasteiger partial charge in [-0.25, -0.2) is 14.2 Å². The number of thiazole rings is 1. The number of rotatable bonds is 7. The Bertz CT molecular complexity index is 745. The van der Waals surface area contributed by atoms with Crippen LogP contribution >= 0.6 is 11.3 Å². The van der Waals surface area contributed by atoms with Crippen LogP contribution in [0.2, 0.25) is 0 Å². The normalized spacial score (nSPS) is 10.8. The van der Waals surface area contributed by atoms with E-state index in [0.717, 1.165) is 6.42 Å². The number of ether oxygens (including phenoxy) is 1. The summed E-state index contributed by atoms with van der Waals surface area (Å²) in [5.74, 6) is -1.04. The number of aromatic nitrogens is 1. The maximum atomic E-state index is 14.0. The Balaban J connectivity index is 2.20. The van der Waals surface area contributed by atoms with Crippen LogP contribution in [0.25, 0.3) is 0 Å². The minimum atomic E-state index is -0.545. The molecule has 1 aromatic heterocycles. The van der Waals surface area contributed by atoms with Gasteiger partial charge in [0.1, 0.15) is 10.8 Å². The number of carbonyl (C=O) groups excluding carboxylic acids is 2. The van der Waals surface area contributed by atoms with E-state index in [2.05, 4.69) is 23.6 Å². The fourth-order valence-corrected chi connectivity index (χ4v) is 2.99. The SMILES string of the molecule is COC(=O)c1csc(CN(CCC(C)C)C(=O)c2ccccc2F)n1. The van der Waals surface area contributed by atoms with Crippen molar-refractivity contribution in [2.75, 3.05) is 13.7 Å². The van der Waals surface area contributed by atoms with Gasteiger partial charge in [0.25, 0.3) is 5.91 Å². The number of nitrogens with zero attached hydrogens (tertiary/aromatic N) is 2. The molecule has 2 rings (SSSR count). The second-order valence-electron chi connectivity index (χ2n) is 6.01. The maximum Gasteiger partial charge on any atom is 0.357 e. The molecule has 0 aliphatic rings. The Hall–Kier alpha value is -2.28. The Labute approximate surface area is 150 Å². The molecule has 0 atom stereocenters. The summed E-state index contributed by atoms with van der Waals surface area (Å²) in [5.41, 5.74) is 0.251. The van der Waals surface area contributed by atoms with Crippen LogP contribution in [-0.2, 0) is 11.3 Å². The van der Waals surface area contributed by atoms with Crippen molar-refractivity contribution in [3.63, 3.8) is 0 Å². The van der Waals surface area contributed by atoms with E-state index < -0.39 is 11.8 Å². The Kier molecular flexibility index (Phi) is 6.64. The predicted octanol–water partition coefficient (Wildman–Crippen LogP) is 3.76. The van der Waals surface area contributed by atoms with E-state index in [1.165, 1.54) is 30.6 Å². The summed E-state index contributed by atoms with van der Waals surface area (Å²) in [6.07, 6.45) is 0.787. The van der Waals surface area contributed by atoms with Gasteiger partial charge in [0.15, 0.2) is 5.69 Å². The van der Waals surface area contributed by atoms with Crippen LogP contribution in [0.15, 0.2) is 29.6 Å². The fraction of sp³-hybridized carbons (Fsp3) is 0.389. The highest BCUT2D eigenvalue weighted by atomic mass is 32.1. The second-order valence-corrected chi connectivity index (χ2v) is 6.95. The number of esters is 1. The van der Waals surface area contributed by atoms with Crippen molar-refractivity contribution in [3.05, 3.63) is 51.7 Å². The lowest BCUT2D eigenvalue weighted by Gasteiger charge is -2.23. The van der Waals surface area contributed by atoms with Crippen LogP contribution in [0.5, 0.6) is 0 Å². The van der Waals surface area contributed by atoms with Crippen LogP contribution in [0.4, 0.5) is 4.39 Å². The van der Waals surface area contributed by atoms with Crippen molar-refractivity contribution < 1.29 is 18.7 Å². The van der Waals surface area contributed by atoms with E-state index in [1.54, 1.807) is 22.4 Å². The lowest BCUT2D eigenvalue weighted by Crippen LogP contribution is -2.32. The van der Waals surface area contributed by atoms with Gasteiger partial charge < -0.3 is 9.64 Å². The smallest absolute Gasteiger partial charge is 0.357 e. The molecule has 0 unspecified atom stereocenters. The maximum absolute atomic E-state index is 14.0. The Morgan fingerprint density at radius 1 is 1.32 bits per heavy atom. The molecule has 2 aromatic rings. The average molecular weight is 364 g/mol. The van der Waals surface area contributed by atoms with Gasteiger partial charge >= 0.3 is 5.97 Å². The first-order chi connectivity index (χ1) is 11.9. The summed E-state index contributed by atoms with van der Waals surface area (Å²) in [6, 6.07) is 5.93. The standard InChI is InChI=1S/C18H21FN2O3S/c1-12(2)8-9-21(17(22)13-6-4-5-7-14(13)19)10-16-20-15(11-25-16)18(23)24-3/h4-7,11-12H,8-10H2,1-3H3. The fourth-order valence-electron chi connectivity index (χ4n) is 2.22. The third-order valence-electron chi connectivity index (χ3n) is 3.64. The van der Waals surface area contributed by atoms with Crippen molar-refractivity contribution in [2.45, 2.75) is 26.8 Å². The first kappa shape index (κ1) is 19.1. The van der Waals surface area contributed by atoms with Crippen molar-refractivity contribution in [1.82, 2.24) is 9.88 Å². The van der Waals surface area contributed by atoms with E-state index in [-0.39, 0.29) is 23.7 Å². The molecule has 0 saturated heterocycles. The zero-order chi connectivity index (χ0) is 18.4. The predicted molar refractivity (Wildman–Crippen MR) is 94.0 cm³/mol. The summed E-state index contributed by atoms with van der Waals surface area (Å²) < 4.78 is 18.6. The molecule has 0 N–H and O–H groups in total. The molecule has 0 bridgehead atoms. The highest BCUT2D eigenvalue weighted by Gasteiger charge is 2.21. The van der Waals surface area contributed by atoms with Gasteiger partial charge in [0.05, 0.1) is 19.2 Å². The molecule has 134 valence electrons. The van der Waals surface area contributed by atoms with Crippen molar-refractivity contribution in [3.8, 4) is 0 Å². The molecule has 0 aliphatic heterocycles. The number of amides is 1. The molecule has 1 amide bonds. The van der Waals surface area contributed by atoms with E-state index in [9.17, 15) is 14.0 Å². The van der Waals surface area contributed by atoms with Gasteiger partial charge in [-0.05, 0) is 24.5 Å². The van der Waals surface area contributed by atoms with E-state index in [0.29, 0.717) is 17.5 Å². The molecule has 1 heterocycles. The van der Waals surface area contributed by atoms with Crippen molar-refractivity contribution in [1.29, 1.82) is 0 Å². The first-order valence-electron chi connectivity index (χ1n) is 7.99. The third-order valence-corrected chi connectivity index (χ3v) is 4.47. The summed E-state index contributed by atoms with van der Waals surface area (Å²) >= 11 is 1.27. The van der Waals surface area contributed by atoms with Gasteiger partial charge in [-0.2, -0.15) is 0 Å². The van der Waals surface area contributed by atoms with Crippen molar-refractivity contribution in [2.24, 2.45) is 5.92 Å². The van der Waals surface area contributed by atoms with Gasteiger partial charge in [-0.1, -0.05) is 26.0 Å². The third kappa shape index (κ3) is 5.09. The van der Waals surface area contributed by atoms with Crippen LogP contribution < -0.4 is 0 Å². The van der Waals surface area contributed by atoms with Crippen LogP contribution in [-0.4, -0.2) is 35.4 Å². The van der Waals surface area contributed by atoms with Crippen molar-refractivity contribution >= 4 is 23.2 Å². The monoisotopic (exact) mass is 364 g/mol. The number of halogens is 1. The molecule has 7 heteroatoms. The van der Waals surface area contributed by atoms with Gasteiger partial charge in [-0.3, -0.25) is 4.79 Å². The quantitative estimate of drug-likeness (QED) is 0.702. The summed E-state index contributed by atoms with van der Waals surface area (Å²) in [6.45, 7) is 4.83. The topological polar surface area (TPSA) is 59.5 Å². The zero-order valence-electron chi connectivity index (χ0n) is 14.5. The summed E-state index contributed by atoms with van der Waals surface area (Å²) in [4.78, 5) is 30.0. The lowest BCUT2D eigenvalue weighted by molar-refractivity contribution is 0.0594. The molecule has 0 fully saturated rings. The molecule has 0 radical (unpaired) electrons. The Morgan fingerprint density at radius 2 is 2.04 bits per heavy atom. The highest BCUT2D eigenvalue weighted by Crippen LogP contribution is 2.18. The minimum absolute atomic E-state index is 0.0380. The summed E-state index contributed by atoms with van der Waals surface area (Å²) in [5, 5.41) is 2.20. The number of hydrogen-bond donors (Lipinski definition) is 0. The molecule has 5 nitrogen and oxygen atoms in total. The lowest BCUT2D eigenvalue weighted by atomic mass is 10.1. The summed E-state index contributed by atoms with van der Waals surface area (Å²) in [7, 11) is 1.29. The largest absolute Gasteiger partial charge is 0.464 e. The zero-order valence-corrected chi connectivity index (χ0v) is 15.3. The molecular formula is C18H21FN2O3S. The van der Waals surface area contributed by atoms with Crippen LogP contribution in [0.3, 0.4) is 0 Å². The second kappa shape index (κ2) is 8.71. The van der Waals surface area contributed by atoms with Crippen LogP contribution in [0.1, 0.15) is 46.1 Å². The highest BCUT2D eigenvalue weighted by molar-refractivity contribution is 7.09. The molecular weight excluding hydrogens is 343 g/mol. The number of benzene rings is 1. The molecule has 0 aliphatic carbocycles. The number of methoxy groups -OCH3 is 1. The number of carbonyl (C=O) groups is 2.